The first kappa shape index (κ1) is 20.6. The summed E-state index contributed by atoms with van der Waals surface area (Å²) in [4.78, 5) is 37.1. The topological polar surface area (TPSA) is 98.5 Å². The highest BCUT2D eigenvalue weighted by Crippen LogP contribution is 2.31. The lowest BCUT2D eigenvalue weighted by Gasteiger charge is -2.38. The van der Waals surface area contributed by atoms with Gasteiger partial charge in [0.1, 0.15) is 0 Å². The average molecular weight is 340 g/mol. The number of ketones is 1. The lowest BCUT2D eigenvalue weighted by atomic mass is 9.71. The normalized spacial score (nSPS) is 21.5. The van der Waals surface area contributed by atoms with Crippen molar-refractivity contribution in [3.8, 4) is 0 Å². The summed E-state index contributed by atoms with van der Waals surface area (Å²) in [7, 11) is 1.27. The molecular weight excluding hydrogens is 308 g/mol. The number of carbonyl (C=O) groups is 3. The van der Waals surface area contributed by atoms with Crippen molar-refractivity contribution in [2.24, 2.45) is 17.6 Å². The predicted molar refractivity (Wildman–Crippen MR) is 92.2 cm³/mol. The number of amides is 1. The van der Waals surface area contributed by atoms with Gasteiger partial charge in [-0.05, 0) is 19.3 Å². The average Bonchev–Trinajstić information content (AvgIpc) is 2.57. The Hall–Kier alpha value is -1.43. The van der Waals surface area contributed by atoms with E-state index in [4.69, 9.17) is 10.5 Å². The summed E-state index contributed by atoms with van der Waals surface area (Å²) in [6.07, 6.45) is 6.06. The van der Waals surface area contributed by atoms with Crippen LogP contribution in [0.2, 0.25) is 0 Å². The maximum Gasteiger partial charge on any atom is 0.307 e. The van der Waals surface area contributed by atoms with Gasteiger partial charge in [0, 0.05) is 12.5 Å². The molecule has 0 radical (unpaired) electrons. The van der Waals surface area contributed by atoms with Gasteiger partial charge in [-0.25, -0.2) is 0 Å². The number of unbranched alkanes of at least 4 members (excludes halogenated alkanes) is 3. The number of nitrogens with two attached hydrogens (primary N) is 1. The number of rotatable bonds is 10. The Morgan fingerprint density at radius 3 is 2.67 bits per heavy atom. The van der Waals surface area contributed by atoms with E-state index in [2.05, 4.69) is 12.2 Å². The van der Waals surface area contributed by atoms with Gasteiger partial charge in [0.15, 0.2) is 5.78 Å². The van der Waals surface area contributed by atoms with Crippen LogP contribution < -0.4 is 11.1 Å². The van der Waals surface area contributed by atoms with Gasteiger partial charge < -0.3 is 15.8 Å². The van der Waals surface area contributed by atoms with Crippen molar-refractivity contribution in [3.63, 3.8) is 0 Å². The zero-order chi connectivity index (χ0) is 18.2. The molecule has 6 nitrogen and oxygen atoms in total. The molecule has 138 valence electrons. The van der Waals surface area contributed by atoms with Gasteiger partial charge in [-0.3, -0.25) is 14.4 Å². The molecule has 6 heteroatoms. The van der Waals surface area contributed by atoms with Gasteiger partial charge in [0.05, 0.1) is 25.0 Å². The summed E-state index contributed by atoms with van der Waals surface area (Å²) in [5.74, 6) is -1.93. The van der Waals surface area contributed by atoms with Crippen molar-refractivity contribution >= 4 is 17.7 Å². The maximum atomic E-state index is 13.0. The van der Waals surface area contributed by atoms with Crippen LogP contribution in [0.5, 0.6) is 0 Å². The second-order valence-electron chi connectivity index (χ2n) is 6.89. The number of methoxy groups -OCH3 is 1. The van der Waals surface area contributed by atoms with Crippen LogP contribution >= 0.6 is 0 Å². The van der Waals surface area contributed by atoms with Crippen LogP contribution in [0.15, 0.2) is 0 Å². The fourth-order valence-electron chi connectivity index (χ4n) is 3.42. The SMILES string of the molecule is CCCCCCC(C)C(=O)C(N)(CC(=O)OC)[C@@H]1CCCNC1=O. The molecule has 1 fully saturated rings. The Morgan fingerprint density at radius 2 is 2.08 bits per heavy atom. The molecule has 0 aromatic heterocycles. The van der Waals surface area contributed by atoms with E-state index >= 15 is 0 Å². The number of nitrogens with one attached hydrogen (secondary N) is 1. The van der Waals surface area contributed by atoms with E-state index in [9.17, 15) is 14.4 Å². The van der Waals surface area contributed by atoms with E-state index in [-0.39, 0.29) is 24.0 Å². The molecule has 0 spiro atoms. The third kappa shape index (κ3) is 5.30. The Bertz CT molecular complexity index is 452. The summed E-state index contributed by atoms with van der Waals surface area (Å²) < 4.78 is 4.71. The number of carbonyl (C=O) groups excluding carboxylic acids is 3. The van der Waals surface area contributed by atoms with E-state index in [0.717, 1.165) is 38.5 Å². The van der Waals surface area contributed by atoms with Gasteiger partial charge in [0.2, 0.25) is 5.91 Å². The highest BCUT2D eigenvalue weighted by atomic mass is 16.5. The molecule has 2 unspecified atom stereocenters. The number of hydrogen-bond donors (Lipinski definition) is 2. The molecule has 1 aliphatic heterocycles. The number of piperidine rings is 1. The number of ether oxygens (including phenoxy) is 1. The Morgan fingerprint density at radius 1 is 1.38 bits per heavy atom. The minimum atomic E-state index is -1.48. The van der Waals surface area contributed by atoms with Crippen LogP contribution in [-0.2, 0) is 19.1 Å². The largest absolute Gasteiger partial charge is 0.469 e. The summed E-state index contributed by atoms with van der Waals surface area (Å²) in [5, 5.41) is 2.76. The van der Waals surface area contributed by atoms with E-state index < -0.39 is 17.4 Å². The predicted octanol–water partition coefficient (Wildman–Crippen LogP) is 1.95. The molecule has 1 aliphatic rings. The molecule has 1 rings (SSSR count). The zero-order valence-electron chi connectivity index (χ0n) is 15.2. The summed E-state index contributed by atoms with van der Waals surface area (Å²) in [6, 6.07) is 0. The smallest absolute Gasteiger partial charge is 0.307 e. The minimum absolute atomic E-state index is 0.202. The fourth-order valence-corrected chi connectivity index (χ4v) is 3.42. The van der Waals surface area contributed by atoms with Crippen LogP contribution in [0.4, 0.5) is 0 Å². The Kier molecular flexibility index (Phi) is 8.39. The lowest BCUT2D eigenvalue weighted by molar-refractivity contribution is -0.149. The molecule has 0 aliphatic carbocycles. The van der Waals surface area contributed by atoms with Crippen molar-refractivity contribution in [3.05, 3.63) is 0 Å². The Labute approximate surface area is 144 Å². The zero-order valence-corrected chi connectivity index (χ0v) is 15.2. The standard InChI is InChI=1S/C18H32N2O4/c1-4-5-6-7-9-13(2)16(22)18(19,12-15(21)24-3)14-10-8-11-20-17(14)23/h13-14H,4-12,19H2,1-3H3,(H,20,23)/t13?,14-,18?/m1/s1. The monoisotopic (exact) mass is 340 g/mol. The summed E-state index contributed by atoms with van der Waals surface area (Å²) >= 11 is 0. The molecule has 0 aromatic carbocycles. The molecule has 0 saturated carbocycles. The molecule has 3 atom stereocenters. The first-order valence-electron chi connectivity index (χ1n) is 9.04. The van der Waals surface area contributed by atoms with Gasteiger partial charge in [-0.2, -0.15) is 0 Å². The molecular formula is C18H32N2O4. The molecule has 3 N–H and O–H groups in total. The van der Waals surface area contributed by atoms with E-state index in [1.807, 2.05) is 6.92 Å². The van der Waals surface area contributed by atoms with E-state index in [1.54, 1.807) is 0 Å². The van der Waals surface area contributed by atoms with E-state index in [1.165, 1.54) is 7.11 Å². The molecule has 0 bridgehead atoms. The highest BCUT2D eigenvalue weighted by Gasteiger charge is 2.49. The first-order valence-corrected chi connectivity index (χ1v) is 9.04. The van der Waals surface area contributed by atoms with Gasteiger partial charge in [-0.1, -0.05) is 39.5 Å². The van der Waals surface area contributed by atoms with Crippen molar-refractivity contribution < 1.29 is 19.1 Å². The number of hydrogen-bond acceptors (Lipinski definition) is 5. The van der Waals surface area contributed by atoms with Crippen LogP contribution in [0.1, 0.15) is 65.2 Å². The van der Waals surface area contributed by atoms with Gasteiger partial charge >= 0.3 is 5.97 Å². The quantitative estimate of drug-likeness (QED) is 0.468. The summed E-state index contributed by atoms with van der Waals surface area (Å²) in [6.45, 7) is 4.57. The highest BCUT2D eigenvalue weighted by molar-refractivity contribution is 5.99. The lowest BCUT2D eigenvalue weighted by Crippen LogP contribution is -2.62. The van der Waals surface area contributed by atoms with Gasteiger partial charge in [-0.15, -0.1) is 0 Å². The summed E-state index contributed by atoms with van der Waals surface area (Å²) in [5.41, 5.74) is 4.92. The first-order chi connectivity index (χ1) is 11.4. The molecule has 1 heterocycles. The van der Waals surface area contributed by atoms with Crippen LogP contribution in [0, 0.1) is 11.8 Å². The molecule has 1 saturated heterocycles. The van der Waals surface area contributed by atoms with Crippen molar-refractivity contribution in [2.45, 2.75) is 70.8 Å². The van der Waals surface area contributed by atoms with Crippen LogP contribution in [0.3, 0.4) is 0 Å². The second kappa shape index (κ2) is 9.77. The van der Waals surface area contributed by atoms with Gasteiger partial charge in [0.25, 0.3) is 0 Å². The molecule has 0 aromatic rings. The van der Waals surface area contributed by atoms with Crippen molar-refractivity contribution in [1.29, 1.82) is 0 Å². The minimum Gasteiger partial charge on any atom is -0.469 e. The Balaban J connectivity index is 2.88. The second-order valence-corrected chi connectivity index (χ2v) is 6.89. The van der Waals surface area contributed by atoms with Crippen LogP contribution in [0.25, 0.3) is 0 Å². The third-order valence-corrected chi connectivity index (χ3v) is 4.97. The molecule has 24 heavy (non-hydrogen) atoms. The number of Topliss-reactive ketones (excluding diaryl/α,β-unsaturated/α-hetero) is 1. The van der Waals surface area contributed by atoms with E-state index in [0.29, 0.717) is 13.0 Å². The van der Waals surface area contributed by atoms with Crippen LogP contribution in [-0.4, -0.2) is 36.9 Å². The van der Waals surface area contributed by atoms with Crippen molar-refractivity contribution in [2.75, 3.05) is 13.7 Å². The third-order valence-electron chi connectivity index (χ3n) is 4.97. The number of esters is 1. The maximum absolute atomic E-state index is 13.0. The van der Waals surface area contributed by atoms with Crippen molar-refractivity contribution in [1.82, 2.24) is 5.32 Å². The molecule has 1 amide bonds. The fraction of sp³-hybridized carbons (Fsp3) is 0.833.